The van der Waals surface area contributed by atoms with Gasteiger partial charge in [-0.15, -0.1) is 0 Å². The molecule has 0 aliphatic rings. The third-order valence-corrected chi connectivity index (χ3v) is 4.85. The second kappa shape index (κ2) is 7.40. The molecule has 0 spiro atoms. The molecule has 0 radical (unpaired) electrons. The molecule has 0 aliphatic carbocycles. The lowest BCUT2D eigenvalue weighted by Gasteiger charge is -2.08. The van der Waals surface area contributed by atoms with E-state index in [0.29, 0.717) is 17.3 Å². The fraction of sp³-hybridized carbons (Fsp3) is 0.200. The van der Waals surface area contributed by atoms with Crippen molar-refractivity contribution < 1.29 is 31.1 Å². The summed E-state index contributed by atoms with van der Waals surface area (Å²) in [5, 5.41) is -0.213. The zero-order valence-corrected chi connectivity index (χ0v) is 14.0. The van der Waals surface area contributed by atoms with Gasteiger partial charge in [0.05, 0.1) is 16.9 Å². The van der Waals surface area contributed by atoms with Crippen molar-refractivity contribution in [3.63, 3.8) is 0 Å². The van der Waals surface area contributed by atoms with Gasteiger partial charge in [0, 0.05) is 11.2 Å². The summed E-state index contributed by atoms with van der Waals surface area (Å²) in [6, 6.07) is 7.27. The minimum atomic E-state index is -4.61. The van der Waals surface area contributed by atoms with Gasteiger partial charge in [0.2, 0.25) is 0 Å². The van der Waals surface area contributed by atoms with E-state index in [1.807, 2.05) is 0 Å². The molecule has 0 amide bonds. The summed E-state index contributed by atoms with van der Waals surface area (Å²) in [4.78, 5) is 15.1. The highest BCUT2D eigenvalue weighted by Gasteiger charge is 2.31. The van der Waals surface area contributed by atoms with Crippen molar-refractivity contribution in [2.24, 2.45) is 0 Å². The second-order valence-corrected chi connectivity index (χ2v) is 7.34. The van der Waals surface area contributed by atoms with Crippen molar-refractivity contribution in [2.75, 3.05) is 12.4 Å². The van der Waals surface area contributed by atoms with E-state index in [1.54, 1.807) is 6.07 Å². The molecule has 0 fully saturated rings. The first-order valence-electron chi connectivity index (χ1n) is 6.78. The normalized spacial score (nSPS) is 12.0. The maximum absolute atomic E-state index is 12.4. The van der Waals surface area contributed by atoms with Crippen LogP contribution in [0.2, 0.25) is 5.02 Å². The predicted molar refractivity (Wildman–Crippen MR) is 83.0 cm³/mol. The average molecular weight is 394 g/mol. The van der Waals surface area contributed by atoms with Crippen LogP contribution in [0.5, 0.6) is 0 Å². The van der Waals surface area contributed by atoms with E-state index in [9.17, 15) is 26.4 Å². The Hall–Kier alpha value is -2.13. The number of benzene rings is 1. The number of carbonyl (C=O) groups is 1. The number of hydrogen-bond donors (Lipinski definition) is 0. The minimum absolute atomic E-state index is 0.151. The second-order valence-electron chi connectivity index (χ2n) is 4.85. The van der Waals surface area contributed by atoms with Crippen LogP contribution in [-0.2, 0) is 20.8 Å². The molecule has 1 aromatic heterocycles. The zero-order chi connectivity index (χ0) is 18.7. The summed E-state index contributed by atoms with van der Waals surface area (Å²) in [6.45, 7) is -0.476. The van der Waals surface area contributed by atoms with Gasteiger partial charge < -0.3 is 4.74 Å². The summed E-state index contributed by atoms with van der Waals surface area (Å²) in [5.41, 5.74) is -0.906. The van der Waals surface area contributed by atoms with Gasteiger partial charge in [-0.2, -0.15) is 13.2 Å². The minimum Gasteiger partial charge on any atom is -0.461 e. The van der Waals surface area contributed by atoms with Crippen molar-refractivity contribution in [1.29, 1.82) is 0 Å². The van der Waals surface area contributed by atoms with Crippen molar-refractivity contribution >= 4 is 27.4 Å². The highest BCUT2D eigenvalue weighted by molar-refractivity contribution is 7.91. The molecule has 0 bridgehead atoms. The summed E-state index contributed by atoms with van der Waals surface area (Å²) >= 11 is 5.73. The van der Waals surface area contributed by atoms with Gasteiger partial charge in [-0.05, 0) is 30.3 Å². The van der Waals surface area contributed by atoms with Gasteiger partial charge in [-0.1, -0.05) is 17.7 Å². The van der Waals surface area contributed by atoms with E-state index >= 15 is 0 Å². The van der Waals surface area contributed by atoms with Crippen LogP contribution in [0.1, 0.15) is 15.9 Å². The molecule has 0 N–H and O–H groups in total. The molecule has 134 valence electrons. The van der Waals surface area contributed by atoms with E-state index in [-0.39, 0.29) is 5.56 Å². The summed E-state index contributed by atoms with van der Waals surface area (Å²) in [5.74, 6) is -1.38. The van der Waals surface area contributed by atoms with Crippen LogP contribution in [0, 0.1) is 0 Å². The number of pyridine rings is 1. The lowest BCUT2D eigenvalue weighted by atomic mass is 10.2. The van der Waals surface area contributed by atoms with Crippen LogP contribution in [0.3, 0.4) is 0 Å². The van der Waals surface area contributed by atoms with Gasteiger partial charge in [0.15, 0.2) is 14.9 Å². The largest absolute Gasteiger partial charge is 0.461 e. The van der Waals surface area contributed by atoms with Crippen LogP contribution in [0.25, 0.3) is 0 Å². The molecule has 0 saturated heterocycles. The molecule has 1 heterocycles. The zero-order valence-electron chi connectivity index (χ0n) is 12.5. The Labute approximate surface area is 146 Å². The predicted octanol–water partition coefficient (Wildman–Crippen LogP) is 3.38. The first kappa shape index (κ1) is 19.2. The molecule has 0 aliphatic heterocycles. The van der Waals surface area contributed by atoms with E-state index in [1.165, 1.54) is 18.2 Å². The van der Waals surface area contributed by atoms with Crippen LogP contribution in [0.4, 0.5) is 13.2 Å². The van der Waals surface area contributed by atoms with Crippen LogP contribution in [-0.4, -0.2) is 31.7 Å². The van der Waals surface area contributed by atoms with Crippen LogP contribution in [0.15, 0.2) is 47.6 Å². The van der Waals surface area contributed by atoms with Gasteiger partial charge in [0.1, 0.15) is 6.61 Å². The van der Waals surface area contributed by atoms with E-state index in [2.05, 4.69) is 4.98 Å². The molecule has 1 aromatic carbocycles. The Balaban J connectivity index is 1.98. The molecule has 0 saturated carbocycles. The van der Waals surface area contributed by atoms with Gasteiger partial charge in [-0.3, -0.25) is 0 Å². The number of ether oxygens (including phenoxy) is 1. The van der Waals surface area contributed by atoms with Crippen LogP contribution >= 0.6 is 11.6 Å². The average Bonchev–Trinajstić information content (AvgIpc) is 2.54. The molecule has 0 atom stereocenters. The third kappa shape index (κ3) is 5.17. The maximum Gasteiger partial charge on any atom is 0.417 e. The highest BCUT2D eigenvalue weighted by Crippen LogP contribution is 2.28. The smallest absolute Gasteiger partial charge is 0.417 e. The molecule has 10 heteroatoms. The standard InChI is InChI=1S/C15H11ClF3NO4S/c16-12-3-1-2-10(8-12)14(21)24-6-7-25(22,23)13-5-4-11(9-20-13)15(17,18)19/h1-5,8-9H,6-7H2. The van der Waals surface area contributed by atoms with Crippen molar-refractivity contribution in [1.82, 2.24) is 4.98 Å². The fourth-order valence-electron chi connectivity index (χ4n) is 1.78. The third-order valence-electron chi connectivity index (χ3n) is 3.03. The van der Waals surface area contributed by atoms with Crippen molar-refractivity contribution in [3.8, 4) is 0 Å². The molecule has 25 heavy (non-hydrogen) atoms. The van der Waals surface area contributed by atoms with E-state index in [4.69, 9.17) is 16.3 Å². The topological polar surface area (TPSA) is 73.3 Å². The number of hydrogen-bond acceptors (Lipinski definition) is 5. The Morgan fingerprint density at radius 2 is 1.92 bits per heavy atom. The summed E-state index contributed by atoms with van der Waals surface area (Å²) in [7, 11) is -3.99. The molecule has 2 rings (SSSR count). The number of aromatic nitrogens is 1. The number of sulfone groups is 1. The SMILES string of the molecule is O=C(OCCS(=O)(=O)c1ccc(C(F)(F)F)cn1)c1cccc(Cl)c1. The number of nitrogens with zero attached hydrogens (tertiary/aromatic N) is 1. The lowest BCUT2D eigenvalue weighted by molar-refractivity contribution is -0.137. The van der Waals surface area contributed by atoms with E-state index < -0.39 is 44.9 Å². The monoisotopic (exact) mass is 393 g/mol. The molecule has 5 nitrogen and oxygen atoms in total. The van der Waals surface area contributed by atoms with Gasteiger partial charge >= 0.3 is 12.1 Å². The van der Waals surface area contributed by atoms with Crippen molar-refractivity contribution in [2.45, 2.75) is 11.2 Å². The van der Waals surface area contributed by atoms with Crippen molar-refractivity contribution in [3.05, 3.63) is 58.7 Å². The first-order valence-corrected chi connectivity index (χ1v) is 8.81. The lowest BCUT2D eigenvalue weighted by Crippen LogP contribution is -2.17. The fourth-order valence-corrected chi connectivity index (χ4v) is 2.97. The summed E-state index contributed by atoms with van der Waals surface area (Å²) in [6.07, 6.45) is -4.17. The number of esters is 1. The number of carbonyl (C=O) groups excluding carboxylic acids is 1. The Bertz CT molecular complexity index is 867. The van der Waals surface area contributed by atoms with Gasteiger partial charge in [-0.25, -0.2) is 18.2 Å². The number of rotatable bonds is 5. The molecular formula is C15H11ClF3NO4S. The highest BCUT2D eigenvalue weighted by atomic mass is 35.5. The number of halogens is 4. The Morgan fingerprint density at radius 3 is 2.48 bits per heavy atom. The molecule has 0 unspecified atom stereocenters. The quantitative estimate of drug-likeness (QED) is 0.728. The Morgan fingerprint density at radius 1 is 1.20 bits per heavy atom. The molecular weight excluding hydrogens is 383 g/mol. The summed E-state index contributed by atoms with van der Waals surface area (Å²) < 4.78 is 66.2. The maximum atomic E-state index is 12.4. The molecule has 2 aromatic rings. The van der Waals surface area contributed by atoms with Crippen LogP contribution < -0.4 is 0 Å². The van der Waals surface area contributed by atoms with E-state index in [0.717, 1.165) is 6.07 Å². The Kier molecular flexibility index (Phi) is 5.69. The van der Waals surface area contributed by atoms with Gasteiger partial charge in [0.25, 0.3) is 0 Å². The number of alkyl halides is 3. The first-order chi connectivity index (χ1) is 11.6.